The van der Waals surface area contributed by atoms with Gasteiger partial charge in [0.1, 0.15) is 5.82 Å². The minimum Gasteiger partial charge on any atom is -0.325 e. The van der Waals surface area contributed by atoms with Gasteiger partial charge in [0.2, 0.25) is 0 Å². The number of likely N-dealkylation sites (N-methyl/N-ethyl adjacent to an activating group) is 1. The summed E-state index contributed by atoms with van der Waals surface area (Å²) >= 11 is 9.60. The molecule has 3 nitrogen and oxygen atoms in total. The van der Waals surface area contributed by atoms with Gasteiger partial charge in [-0.05, 0) is 44.1 Å². The van der Waals surface area contributed by atoms with Gasteiger partial charge in [-0.25, -0.2) is 4.98 Å². The first-order valence-electron chi connectivity index (χ1n) is 7.17. The van der Waals surface area contributed by atoms with Crippen LogP contribution in [0, 0.1) is 0 Å². The summed E-state index contributed by atoms with van der Waals surface area (Å²) < 4.78 is 3.36. The number of rotatable bonds is 4. The minimum absolute atomic E-state index is 0.463. The summed E-state index contributed by atoms with van der Waals surface area (Å²) in [5.41, 5.74) is 2.21. The summed E-state index contributed by atoms with van der Waals surface area (Å²) in [6.45, 7) is 5.58. The van der Waals surface area contributed by atoms with Crippen molar-refractivity contribution in [3.63, 3.8) is 0 Å². The largest absolute Gasteiger partial charge is 0.325 e. The van der Waals surface area contributed by atoms with Crippen molar-refractivity contribution in [3.8, 4) is 0 Å². The van der Waals surface area contributed by atoms with Crippen LogP contribution in [0.25, 0.3) is 11.0 Å². The molecule has 1 aliphatic rings. The number of alkyl halides is 1. The van der Waals surface area contributed by atoms with Crippen LogP contribution in [-0.4, -0.2) is 33.6 Å². The van der Waals surface area contributed by atoms with Crippen molar-refractivity contribution >= 4 is 38.6 Å². The van der Waals surface area contributed by atoms with E-state index in [4.69, 9.17) is 11.6 Å². The third-order valence-electron chi connectivity index (χ3n) is 4.21. The molecule has 0 spiro atoms. The van der Waals surface area contributed by atoms with Gasteiger partial charge in [0, 0.05) is 17.1 Å². The van der Waals surface area contributed by atoms with Crippen LogP contribution in [0.5, 0.6) is 0 Å². The predicted octanol–water partition coefficient (Wildman–Crippen LogP) is 4.02. The molecule has 1 aromatic carbocycles. The van der Waals surface area contributed by atoms with Gasteiger partial charge in [-0.2, -0.15) is 0 Å². The first-order chi connectivity index (χ1) is 9.72. The van der Waals surface area contributed by atoms with Crippen LogP contribution < -0.4 is 0 Å². The first-order valence-corrected chi connectivity index (χ1v) is 8.50. The van der Waals surface area contributed by atoms with Crippen molar-refractivity contribution < 1.29 is 0 Å². The van der Waals surface area contributed by atoms with Crippen molar-refractivity contribution in [1.82, 2.24) is 14.5 Å². The van der Waals surface area contributed by atoms with E-state index < -0.39 is 0 Å². The molecular formula is C15H19BrClN3. The van der Waals surface area contributed by atoms with Crippen LogP contribution in [0.3, 0.4) is 0 Å². The molecule has 1 aromatic heterocycles. The average Bonchev–Trinajstić information content (AvgIpc) is 3.03. The highest BCUT2D eigenvalue weighted by Crippen LogP contribution is 2.25. The maximum absolute atomic E-state index is 6.09. The van der Waals surface area contributed by atoms with Crippen molar-refractivity contribution in [1.29, 1.82) is 0 Å². The molecule has 1 saturated heterocycles. The molecule has 1 fully saturated rings. The first kappa shape index (κ1) is 14.4. The summed E-state index contributed by atoms with van der Waals surface area (Å²) in [4.78, 5) is 7.23. The van der Waals surface area contributed by atoms with Crippen LogP contribution in [0.15, 0.2) is 22.7 Å². The summed E-state index contributed by atoms with van der Waals surface area (Å²) in [7, 11) is 0. The normalized spacial score (nSPS) is 20.1. The third kappa shape index (κ3) is 2.61. The number of nitrogens with zero attached hydrogens (tertiary/aromatic N) is 3. The maximum atomic E-state index is 6.09. The van der Waals surface area contributed by atoms with E-state index in [0.717, 1.165) is 28.9 Å². The molecular weight excluding hydrogens is 338 g/mol. The zero-order valence-corrected chi connectivity index (χ0v) is 14.0. The van der Waals surface area contributed by atoms with Crippen LogP contribution in [0.4, 0.5) is 0 Å². The Morgan fingerprint density at radius 2 is 2.30 bits per heavy atom. The highest BCUT2D eigenvalue weighted by Gasteiger charge is 2.24. The van der Waals surface area contributed by atoms with E-state index in [1.807, 2.05) is 0 Å². The molecule has 1 unspecified atom stereocenters. The van der Waals surface area contributed by atoms with Gasteiger partial charge in [-0.3, -0.25) is 4.90 Å². The molecule has 20 heavy (non-hydrogen) atoms. The molecule has 0 saturated carbocycles. The minimum atomic E-state index is 0.463. The van der Waals surface area contributed by atoms with Gasteiger partial charge in [-0.1, -0.05) is 22.9 Å². The zero-order chi connectivity index (χ0) is 14.1. The lowest BCUT2D eigenvalue weighted by Crippen LogP contribution is -2.33. The molecule has 2 heterocycles. The summed E-state index contributed by atoms with van der Waals surface area (Å²) in [5.74, 6) is 1.44. The Morgan fingerprint density at radius 3 is 3.05 bits per heavy atom. The fourth-order valence-electron chi connectivity index (χ4n) is 3.19. The quantitative estimate of drug-likeness (QED) is 0.771. The Balaban J connectivity index is 1.97. The lowest BCUT2D eigenvalue weighted by molar-refractivity contribution is 0.245. The molecule has 0 N–H and O–H groups in total. The van der Waals surface area contributed by atoms with E-state index in [-0.39, 0.29) is 0 Å². The third-order valence-corrected chi connectivity index (χ3v) is 4.94. The van der Waals surface area contributed by atoms with Crippen LogP contribution in [-0.2, 0) is 12.4 Å². The monoisotopic (exact) mass is 355 g/mol. The van der Waals surface area contributed by atoms with Crippen LogP contribution in [0.1, 0.15) is 25.6 Å². The fourth-order valence-corrected chi connectivity index (χ4v) is 3.74. The van der Waals surface area contributed by atoms with Crippen molar-refractivity contribution in [2.45, 2.75) is 38.2 Å². The summed E-state index contributed by atoms with van der Waals surface area (Å²) in [6, 6.07) is 6.88. The second-order valence-electron chi connectivity index (χ2n) is 5.33. The van der Waals surface area contributed by atoms with Gasteiger partial charge in [0.05, 0.1) is 16.9 Å². The number of hydrogen-bond donors (Lipinski definition) is 0. The number of aromatic nitrogens is 2. The van der Waals surface area contributed by atoms with Crippen molar-refractivity contribution in [2.75, 3.05) is 13.1 Å². The molecule has 108 valence electrons. The smallest absolute Gasteiger partial charge is 0.124 e. The standard InChI is InChI=1S/C15H19BrClN3/c1-2-19-7-3-4-12(19)10-20-14-6-5-11(16)8-13(14)18-15(20)9-17/h5-6,8,12H,2-4,7,9-10H2,1H3. The predicted molar refractivity (Wildman–Crippen MR) is 87.3 cm³/mol. The fraction of sp³-hybridized carbons (Fsp3) is 0.533. The second-order valence-corrected chi connectivity index (χ2v) is 6.51. The van der Waals surface area contributed by atoms with Crippen molar-refractivity contribution in [3.05, 3.63) is 28.5 Å². The lowest BCUT2D eigenvalue weighted by Gasteiger charge is -2.24. The molecule has 1 atom stereocenters. The molecule has 5 heteroatoms. The number of imidazole rings is 1. The molecule has 0 amide bonds. The number of hydrogen-bond acceptors (Lipinski definition) is 2. The number of fused-ring (bicyclic) bond motifs is 1. The summed E-state index contributed by atoms with van der Waals surface area (Å²) in [6.07, 6.45) is 2.57. The molecule has 3 rings (SSSR count). The average molecular weight is 357 g/mol. The Bertz CT molecular complexity index is 610. The molecule has 0 radical (unpaired) electrons. The van der Waals surface area contributed by atoms with Crippen LogP contribution in [0.2, 0.25) is 0 Å². The maximum Gasteiger partial charge on any atom is 0.124 e. The van der Waals surface area contributed by atoms with Gasteiger partial charge in [-0.15, -0.1) is 11.6 Å². The Labute approximate surface area is 133 Å². The van der Waals surface area contributed by atoms with Gasteiger partial charge >= 0.3 is 0 Å². The number of benzene rings is 1. The van der Waals surface area contributed by atoms with E-state index in [1.165, 1.54) is 24.9 Å². The van der Waals surface area contributed by atoms with Crippen molar-refractivity contribution in [2.24, 2.45) is 0 Å². The Hall–Kier alpha value is -0.580. The number of halogens is 2. The van der Waals surface area contributed by atoms with E-state index in [0.29, 0.717) is 11.9 Å². The summed E-state index contributed by atoms with van der Waals surface area (Å²) in [5, 5.41) is 0. The number of likely N-dealkylation sites (tertiary alicyclic amines) is 1. The SMILES string of the molecule is CCN1CCCC1Cn1c(CCl)nc2cc(Br)ccc21. The van der Waals surface area contributed by atoms with Gasteiger partial charge in [0.25, 0.3) is 0 Å². The topological polar surface area (TPSA) is 21.1 Å². The highest BCUT2D eigenvalue weighted by atomic mass is 79.9. The molecule has 0 aliphatic carbocycles. The van der Waals surface area contributed by atoms with Gasteiger partial charge < -0.3 is 4.57 Å². The van der Waals surface area contributed by atoms with E-state index in [2.05, 4.69) is 55.5 Å². The van der Waals surface area contributed by atoms with Crippen LogP contribution >= 0.6 is 27.5 Å². The second kappa shape index (κ2) is 6.04. The van der Waals surface area contributed by atoms with E-state index in [1.54, 1.807) is 0 Å². The van der Waals surface area contributed by atoms with Gasteiger partial charge in [0.15, 0.2) is 0 Å². The Kier molecular flexibility index (Phi) is 4.34. The lowest BCUT2D eigenvalue weighted by atomic mass is 10.2. The Morgan fingerprint density at radius 1 is 1.45 bits per heavy atom. The zero-order valence-electron chi connectivity index (χ0n) is 11.6. The molecule has 0 bridgehead atoms. The highest BCUT2D eigenvalue weighted by molar-refractivity contribution is 9.10. The molecule has 2 aromatic rings. The van der Waals surface area contributed by atoms with E-state index in [9.17, 15) is 0 Å². The van der Waals surface area contributed by atoms with E-state index >= 15 is 0 Å². The molecule has 1 aliphatic heterocycles.